The Morgan fingerprint density at radius 2 is 1.50 bits per heavy atom. The van der Waals surface area contributed by atoms with Gasteiger partial charge in [-0.15, -0.1) is 0 Å². The van der Waals surface area contributed by atoms with Gasteiger partial charge in [-0.2, -0.15) is 0 Å². The Morgan fingerprint density at radius 1 is 0.955 bits per heavy atom. The number of ether oxygens (including phenoxy) is 2. The lowest BCUT2D eigenvalue weighted by atomic mass is 10.2. The number of hydrogen-bond acceptors (Lipinski definition) is 4. The molecule has 2 rings (SSSR count). The van der Waals surface area contributed by atoms with Crippen molar-refractivity contribution in [3.8, 4) is 11.5 Å². The molecule has 1 aromatic carbocycles. The molecule has 1 aromatic heterocycles. The third-order valence-electron chi connectivity index (χ3n) is 3.07. The first-order valence-electron chi connectivity index (χ1n) is 6.84. The van der Waals surface area contributed by atoms with Gasteiger partial charge in [0.15, 0.2) is 0 Å². The van der Waals surface area contributed by atoms with Crippen LogP contribution in [0.15, 0.2) is 42.7 Å². The fraction of sp³-hybridized carbons (Fsp3) is 0.250. The number of pyridine rings is 1. The largest absolute Gasteiger partial charge is 0.497 e. The highest BCUT2D eigenvalue weighted by atomic mass is 16.5. The number of urea groups is 1. The number of methoxy groups -OCH3 is 2. The van der Waals surface area contributed by atoms with E-state index in [1.165, 1.54) is 0 Å². The average molecular weight is 301 g/mol. The van der Waals surface area contributed by atoms with Crippen LogP contribution >= 0.6 is 0 Å². The zero-order valence-corrected chi connectivity index (χ0v) is 12.6. The van der Waals surface area contributed by atoms with Gasteiger partial charge in [-0.3, -0.25) is 4.98 Å². The molecule has 116 valence electrons. The van der Waals surface area contributed by atoms with Gasteiger partial charge in [0.2, 0.25) is 0 Å². The molecule has 0 aliphatic rings. The van der Waals surface area contributed by atoms with Crippen molar-refractivity contribution in [1.29, 1.82) is 0 Å². The number of rotatable bonds is 6. The van der Waals surface area contributed by atoms with E-state index in [1.54, 1.807) is 32.7 Å². The van der Waals surface area contributed by atoms with Crippen LogP contribution in [-0.2, 0) is 13.1 Å². The first-order valence-corrected chi connectivity index (χ1v) is 6.84. The van der Waals surface area contributed by atoms with Crippen LogP contribution in [0.2, 0.25) is 0 Å². The molecule has 2 amide bonds. The minimum absolute atomic E-state index is 0.237. The van der Waals surface area contributed by atoms with Crippen LogP contribution in [0.3, 0.4) is 0 Å². The van der Waals surface area contributed by atoms with Gasteiger partial charge >= 0.3 is 6.03 Å². The fourth-order valence-electron chi connectivity index (χ4n) is 1.90. The molecule has 0 aliphatic carbocycles. The summed E-state index contributed by atoms with van der Waals surface area (Å²) in [6.45, 7) is 0.839. The van der Waals surface area contributed by atoms with Crippen molar-refractivity contribution in [3.05, 3.63) is 53.9 Å². The first kappa shape index (κ1) is 15.6. The summed E-state index contributed by atoms with van der Waals surface area (Å²) in [5.41, 5.74) is 1.89. The van der Waals surface area contributed by atoms with E-state index in [0.29, 0.717) is 24.6 Å². The standard InChI is InChI=1S/C16H19N3O3/c1-21-14-7-13(8-15(9-14)22-2)11-19-16(20)18-10-12-3-5-17-6-4-12/h3-9H,10-11H2,1-2H3,(H2,18,19,20). The summed E-state index contributed by atoms with van der Waals surface area (Å²) in [6, 6.07) is 8.96. The molecule has 2 N–H and O–H groups in total. The Morgan fingerprint density at radius 3 is 2.05 bits per heavy atom. The number of benzene rings is 1. The number of nitrogens with one attached hydrogen (secondary N) is 2. The monoisotopic (exact) mass is 301 g/mol. The highest BCUT2D eigenvalue weighted by Crippen LogP contribution is 2.22. The molecule has 0 saturated carbocycles. The quantitative estimate of drug-likeness (QED) is 0.857. The number of amides is 2. The smallest absolute Gasteiger partial charge is 0.315 e. The van der Waals surface area contributed by atoms with E-state index in [9.17, 15) is 4.79 Å². The summed E-state index contributed by atoms with van der Waals surface area (Å²) in [5, 5.41) is 5.58. The predicted molar refractivity (Wildman–Crippen MR) is 82.9 cm³/mol. The molecule has 0 radical (unpaired) electrons. The number of carbonyl (C=O) groups excluding carboxylic acids is 1. The Bertz CT molecular complexity index is 595. The van der Waals surface area contributed by atoms with Gasteiger partial charge in [0.05, 0.1) is 14.2 Å². The molecule has 0 fully saturated rings. The molecule has 6 heteroatoms. The van der Waals surface area contributed by atoms with Gasteiger partial charge in [0.25, 0.3) is 0 Å². The number of nitrogens with zero attached hydrogens (tertiary/aromatic N) is 1. The van der Waals surface area contributed by atoms with Gasteiger partial charge in [-0.25, -0.2) is 4.79 Å². The highest BCUT2D eigenvalue weighted by Gasteiger charge is 2.04. The van der Waals surface area contributed by atoms with Crippen LogP contribution < -0.4 is 20.1 Å². The maximum absolute atomic E-state index is 11.8. The average Bonchev–Trinajstić information content (AvgIpc) is 2.58. The second-order valence-electron chi connectivity index (χ2n) is 4.61. The zero-order chi connectivity index (χ0) is 15.8. The SMILES string of the molecule is COc1cc(CNC(=O)NCc2ccncc2)cc(OC)c1. The van der Waals surface area contributed by atoms with Crippen LogP contribution in [-0.4, -0.2) is 25.2 Å². The van der Waals surface area contributed by atoms with E-state index in [-0.39, 0.29) is 6.03 Å². The Kier molecular flexibility index (Phi) is 5.59. The molecule has 6 nitrogen and oxygen atoms in total. The van der Waals surface area contributed by atoms with Crippen molar-refractivity contribution >= 4 is 6.03 Å². The summed E-state index contributed by atoms with van der Waals surface area (Å²) in [4.78, 5) is 15.7. The van der Waals surface area contributed by atoms with Gasteiger partial charge in [-0.1, -0.05) is 0 Å². The Balaban J connectivity index is 1.85. The van der Waals surface area contributed by atoms with Crippen molar-refractivity contribution < 1.29 is 14.3 Å². The number of hydrogen-bond donors (Lipinski definition) is 2. The van der Waals surface area contributed by atoms with Crippen molar-refractivity contribution in [3.63, 3.8) is 0 Å². The molecule has 0 spiro atoms. The highest BCUT2D eigenvalue weighted by molar-refractivity contribution is 5.73. The van der Waals surface area contributed by atoms with Crippen LogP contribution in [0.1, 0.15) is 11.1 Å². The third-order valence-corrected chi connectivity index (χ3v) is 3.07. The van der Waals surface area contributed by atoms with Crippen LogP contribution in [0, 0.1) is 0 Å². The van der Waals surface area contributed by atoms with Gasteiger partial charge in [0.1, 0.15) is 11.5 Å². The van der Waals surface area contributed by atoms with Gasteiger partial charge in [0, 0.05) is 31.5 Å². The molecule has 0 saturated heterocycles. The van der Waals surface area contributed by atoms with Gasteiger partial charge < -0.3 is 20.1 Å². The molecule has 0 aliphatic heterocycles. The van der Waals surface area contributed by atoms with Crippen molar-refractivity contribution in [1.82, 2.24) is 15.6 Å². The van der Waals surface area contributed by atoms with Gasteiger partial charge in [-0.05, 0) is 35.4 Å². The van der Waals surface area contributed by atoms with Crippen molar-refractivity contribution in [2.24, 2.45) is 0 Å². The molecule has 22 heavy (non-hydrogen) atoms. The summed E-state index contributed by atoms with van der Waals surface area (Å²) >= 11 is 0. The maximum atomic E-state index is 11.8. The van der Waals surface area contributed by atoms with E-state index in [0.717, 1.165) is 11.1 Å². The Labute approximate surface area is 129 Å². The van der Waals surface area contributed by atoms with Crippen molar-refractivity contribution in [2.45, 2.75) is 13.1 Å². The van der Waals surface area contributed by atoms with Crippen LogP contribution in [0.5, 0.6) is 11.5 Å². The van der Waals surface area contributed by atoms with Crippen molar-refractivity contribution in [2.75, 3.05) is 14.2 Å². The van der Waals surface area contributed by atoms with E-state index in [2.05, 4.69) is 15.6 Å². The molecule has 0 atom stereocenters. The summed E-state index contributed by atoms with van der Waals surface area (Å²) in [7, 11) is 3.18. The molecule has 1 heterocycles. The fourth-order valence-corrected chi connectivity index (χ4v) is 1.90. The lowest BCUT2D eigenvalue weighted by Gasteiger charge is -2.10. The van der Waals surface area contributed by atoms with E-state index >= 15 is 0 Å². The minimum Gasteiger partial charge on any atom is -0.497 e. The van der Waals surface area contributed by atoms with Crippen LogP contribution in [0.4, 0.5) is 4.79 Å². The normalized spacial score (nSPS) is 9.91. The summed E-state index contributed by atoms with van der Waals surface area (Å²) < 4.78 is 10.4. The second kappa shape index (κ2) is 7.87. The molecule has 0 bridgehead atoms. The molecule has 0 unspecified atom stereocenters. The van der Waals surface area contributed by atoms with Crippen LogP contribution in [0.25, 0.3) is 0 Å². The zero-order valence-electron chi connectivity index (χ0n) is 12.6. The van der Waals surface area contributed by atoms with E-state index in [1.807, 2.05) is 24.3 Å². The molecular formula is C16H19N3O3. The first-order chi connectivity index (χ1) is 10.7. The predicted octanol–water partition coefficient (Wildman–Crippen LogP) is 2.10. The minimum atomic E-state index is -0.237. The maximum Gasteiger partial charge on any atom is 0.315 e. The van der Waals surface area contributed by atoms with E-state index < -0.39 is 0 Å². The molecular weight excluding hydrogens is 282 g/mol. The Hall–Kier alpha value is -2.76. The second-order valence-corrected chi connectivity index (χ2v) is 4.61. The number of aromatic nitrogens is 1. The lowest BCUT2D eigenvalue weighted by molar-refractivity contribution is 0.240. The number of carbonyl (C=O) groups is 1. The topological polar surface area (TPSA) is 72.5 Å². The third kappa shape index (κ3) is 4.66. The molecule has 2 aromatic rings. The summed E-state index contributed by atoms with van der Waals surface area (Å²) in [5.74, 6) is 1.38. The van der Waals surface area contributed by atoms with E-state index in [4.69, 9.17) is 9.47 Å². The lowest BCUT2D eigenvalue weighted by Crippen LogP contribution is -2.34. The summed E-state index contributed by atoms with van der Waals surface area (Å²) in [6.07, 6.45) is 3.38.